The van der Waals surface area contributed by atoms with Gasteiger partial charge in [-0.25, -0.2) is 0 Å². The van der Waals surface area contributed by atoms with E-state index >= 15 is 0 Å². The van der Waals surface area contributed by atoms with Gasteiger partial charge in [-0.15, -0.1) is 11.3 Å². The molecule has 4 heteroatoms. The fourth-order valence-electron chi connectivity index (χ4n) is 0.669. The van der Waals surface area contributed by atoms with Gasteiger partial charge in [-0.3, -0.25) is 4.79 Å². The summed E-state index contributed by atoms with van der Waals surface area (Å²) >= 11 is 10.2. The quantitative estimate of drug-likeness (QED) is 0.583. The molecular weight excluding hydrogens is 247 g/mol. The topological polar surface area (TPSA) is 17.1 Å². The molecular formula is C7H6BrClOS. The van der Waals surface area contributed by atoms with Crippen molar-refractivity contribution in [2.45, 2.75) is 11.8 Å². The van der Waals surface area contributed by atoms with Crippen LogP contribution in [0.25, 0.3) is 0 Å². The minimum absolute atomic E-state index is 0.0770. The van der Waals surface area contributed by atoms with Crippen molar-refractivity contribution in [3.05, 3.63) is 21.3 Å². The van der Waals surface area contributed by atoms with Gasteiger partial charge in [0.1, 0.15) is 0 Å². The monoisotopic (exact) mass is 252 g/mol. The average Bonchev–Trinajstić information content (AvgIpc) is 2.34. The van der Waals surface area contributed by atoms with Crippen molar-refractivity contribution in [2.75, 3.05) is 0 Å². The highest BCUT2D eigenvalue weighted by atomic mass is 79.9. The highest BCUT2D eigenvalue weighted by molar-refractivity contribution is 9.10. The van der Waals surface area contributed by atoms with Crippen LogP contribution in [0, 0.1) is 0 Å². The van der Waals surface area contributed by atoms with E-state index in [9.17, 15) is 4.79 Å². The number of carbonyl (C=O) groups excluding carboxylic acids is 1. The third-order valence-corrected chi connectivity index (χ3v) is 2.72. The van der Waals surface area contributed by atoms with Gasteiger partial charge in [0.25, 0.3) is 0 Å². The Kier molecular flexibility index (Phi) is 3.10. The number of hydrogen-bond acceptors (Lipinski definition) is 2. The van der Waals surface area contributed by atoms with Crippen LogP contribution in [0.1, 0.15) is 17.3 Å². The normalized spacial score (nSPS) is 13.0. The van der Waals surface area contributed by atoms with Crippen molar-refractivity contribution in [2.24, 2.45) is 0 Å². The third kappa shape index (κ3) is 2.29. The Morgan fingerprint density at radius 1 is 1.82 bits per heavy atom. The Morgan fingerprint density at radius 2 is 2.45 bits per heavy atom. The van der Waals surface area contributed by atoms with E-state index in [4.69, 9.17) is 11.6 Å². The van der Waals surface area contributed by atoms with Crippen molar-refractivity contribution >= 4 is 44.7 Å². The molecule has 0 saturated heterocycles. The molecule has 11 heavy (non-hydrogen) atoms. The van der Waals surface area contributed by atoms with E-state index < -0.39 is 0 Å². The Bertz CT molecular complexity index is 269. The first-order chi connectivity index (χ1) is 5.11. The van der Waals surface area contributed by atoms with Gasteiger partial charge < -0.3 is 0 Å². The summed E-state index contributed by atoms with van der Waals surface area (Å²) in [6, 6.07) is 1.69. The molecule has 1 rings (SSSR count). The zero-order valence-corrected chi connectivity index (χ0v) is 8.96. The molecule has 0 radical (unpaired) electrons. The molecule has 0 spiro atoms. The molecule has 1 aromatic heterocycles. The van der Waals surface area contributed by atoms with E-state index in [0.29, 0.717) is 9.90 Å². The van der Waals surface area contributed by atoms with E-state index in [0.717, 1.165) is 0 Å². The predicted molar refractivity (Wildman–Crippen MR) is 52.0 cm³/mol. The summed E-state index contributed by atoms with van der Waals surface area (Å²) in [5.41, 5.74) is 0.685. The maximum absolute atomic E-state index is 11.3. The van der Waals surface area contributed by atoms with Gasteiger partial charge in [0, 0.05) is 10.9 Å². The third-order valence-electron chi connectivity index (χ3n) is 1.21. The second-order valence-corrected chi connectivity index (χ2v) is 5.04. The lowest BCUT2D eigenvalue weighted by Gasteiger charge is -1.96. The van der Waals surface area contributed by atoms with Crippen molar-refractivity contribution in [3.63, 3.8) is 0 Å². The van der Waals surface area contributed by atoms with Crippen molar-refractivity contribution in [3.8, 4) is 0 Å². The number of Topliss-reactive ketones (excluding diaryl/α,β-unsaturated/α-hetero) is 1. The van der Waals surface area contributed by atoms with Gasteiger partial charge in [0.15, 0.2) is 5.78 Å². The van der Waals surface area contributed by atoms with E-state index in [1.807, 2.05) is 0 Å². The first-order valence-electron chi connectivity index (χ1n) is 3.03. The van der Waals surface area contributed by atoms with Crippen LogP contribution in [0.15, 0.2) is 11.4 Å². The van der Waals surface area contributed by atoms with E-state index in [-0.39, 0.29) is 10.6 Å². The molecule has 0 aliphatic heterocycles. The maximum atomic E-state index is 11.3. The Morgan fingerprint density at radius 3 is 2.82 bits per heavy atom. The van der Waals surface area contributed by atoms with Crippen LogP contribution in [0.5, 0.6) is 0 Å². The Labute approximate surface area is 82.5 Å². The smallest absolute Gasteiger partial charge is 0.177 e. The second kappa shape index (κ2) is 3.70. The number of halogens is 2. The molecule has 0 saturated carbocycles. The molecule has 0 fully saturated rings. The zero-order chi connectivity index (χ0) is 8.43. The van der Waals surface area contributed by atoms with Gasteiger partial charge in [0.05, 0.1) is 9.16 Å². The molecule has 1 atom stereocenters. The summed E-state index contributed by atoms with van der Waals surface area (Å²) in [7, 11) is 0. The lowest BCUT2D eigenvalue weighted by molar-refractivity contribution is 0.0996. The Hall–Kier alpha value is 0.140. The van der Waals surface area contributed by atoms with Crippen LogP contribution in [0.4, 0.5) is 0 Å². The van der Waals surface area contributed by atoms with Gasteiger partial charge in [-0.1, -0.05) is 27.5 Å². The standard InChI is InChI=1S/C7H6BrClOS/c1-4(8)7(10)5-2-6(9)11-3-5/h2-4H,1H3. The minimum atomic E-state index is -0.131. The molecule has 0 bridgehead atoms. The predicted octanol–water partition coefficient (Wildman–Crippen LogP) is 3.37. The highest BCUT2D eigenvalue weighted by Crippen LogP contribution is 2.22. The lowest BCUT2D eigenvalue weighted by Crippen LogP contribution is -2.08. The van der Waals surface area contributed by atoms with Crippen LogP contribution < -0.4 is 0 Å². The summed E-state index contributed by atoms with van der Waals surface area (Å²) < 4.78 is 0.654. The molecule has 0 aromatic carbocycles. The number of hydrogen-bond donors (Lipinski definition) is 0. The number of ketones is 1. The number of thiophene rings is 1. The van der Waals surface area contributed by atoms with Crippen molar-refractivity contribution < 1.29 is 4.79 Å². The van der Waals surface area contributed by atoms with Gasteiger partial charge in [-0.05, 0) is 13.0 Å². The van der Waals surface area contributed by atoms with Crippen molar-refractivity contribution in [1.82, 2.24) is 0 Å². The van der Waals surface area contributed by atoms with Crippen LogP contribution in [-0.4, -0.2) is 10.6 Å². The molecule has 0 amide bonds. The Balaban J connectivity index is 2.85. The number of rotatable bonds is 2. The summed E-state index contributed by atoms with van der Waals surface area (Å²) in [6.45, 7) is 1.80. The molecule has 1 heterocycles. The fraction of sp³-hybridized carbons (Fsp3) is 0.286. The van der Waals surface area contributed by atoms with Crippen LogP contribution in [0.2, 0.25) is 4.34 Å². The molecule has 0 aliphatic carbocycles. The largest absolute Gasteiger partial charge is 0.293 e. The average molecular weight is 254 g/mol. The molecule has 0 N–H and O–H groups in total. The zero-order valence-electron chi connectivity index (χ0n) is 5.80. The molecule has 1 unspecified atom stereocenters. The summed E-state index contributed by atoms with van der Waals surface area (Å²) in [5, 5.41) is 1.77. The summed E-state index contributed by atoms with van der Waals surface area (Å²) in [5.74, 6) is 0.0770. The second-order valence-electron chi connectivity index (χ2n) is 2.12. The van der Waals surface area contributed by atoms with Gasteiger partial charge in [-0.2, -0.15) is 0 Å². The number of carbonyl (C=O) groups is 1. The highest BCUT2D eigenvalue weighted by Gasteiger charge is 2.12. The van der Waals surface area contributed by atoms with Crippen LogP contribution >= 0.6 is 38.9 Å². The SMILES string of the molecule is CC(Br)C(=O)c1csc(Cl)c1. The first-order valence-corrected chi connectivity index (χ1v) is 5.21. The van der Waals surface area contributed by atoms with Crippen molar-refractivity contribution in [1.29, 1.82) is 0 Å². The minimum Gasteiger partial charge on any atom is -0.293 e. The molecule has 1 aromatic rings. The first kappa shape index (κ1) is 9.23. The van der Waals surface area contributed by atoms with Crippen LogP contribution in [-0.2, 0) is 0 Å². The number of alkyl halides is 1. The van der Waals surface area contributed by atoms with E-state index in [1.54, 1.807) is 18.4 Å². The molecule has 1 nitrogen and oxygen atoms in total. The van der Waals surface area contributed by atoms with Gasteiger partial charge in [0.2, 0.25) is 0 Å². The summed E-state index contributed by atoms with van der Waals surface area (Å²) in [6.07, 6.45) is 0. The van der Waals surface area contributed by atoms with Crippen LogP contribution in [0.3, 0.4) is 0 Å². The van der Waals surface area contributed by atoms with E-state index in [1.165, 1.54) is 11.3 Å². The van der Waals surface area contributed by atoms with E-state index in [2.05, 4.69) is 15.9 Å². The molecule has 60 valence electrons. The lowest BCUT2D eigenvalue weighted by atomic mass is 10.2. The maximum Gasteiger partial charge on any atom is 0.177 e. The molecule has 0 aliphatic rings. The summed E-state index contributed by atoms with van der Waals surface area (Å²) in [4.78, 5) is 11.1. The fourth-order valence-corrected chi connectivity index (χ4v) is 1.80. The van der Waals surface area contributed by atoms with Gasteiger partial charge >= 0.3 is 0 Å².